The number of ether oxygens (including phenoxy) is 1. The number of rotatable bonds is 6. The van der Waals surface area contributed by atoms with Gasteiger partial charge in [0.1, 0.15) is 17.6 Å². The Hall–Kier alpha value is -4.04. The van der Waals surface area contributed by atoms with Gasteiger partial charge < -0.3 is 9.64 Å². The van der Waals surface area contributed by atoms with Gasteiger partial charge in [-0.05, 0) is 48.0 Å². The van der Waals surface area contributed by atoms with E-state index in [1.165, 1.54) is 54.3 Å². The van der Waals surface area contributed by atoms with Crippen molar-refractivity contribution < 1.29 is 28.3 Å². The molecule has 7 nitrogen and oxygen atoms in total. The molecule has 178 valence electrons. The van der Waals surface area contributed by atoms with Crippen molar-refractivity contribution in [3.8, 4) is 5.75 Å². The summed E-state index contributed by atoms with van der Waals surface area (Å²) in [5.74, 6) is -2.88. The molecule has 1 atom stereocenters. The van der Waals surface area contributed by atoms with Gasteiger partial charge in [0.25, 0.3) is 11.8 Å². The third-order valence-corrected chi connectivity index (χ3v) is 5.89. The molecule has 3 aromatic carbocycles. The minimum Gasteiger partial charge on any atom is -0.427 e. The van der Waals surface area contributed by atoms with Gasteiger partial charge >= 0.3 is 5.97 Å². The molecule has 9 heteroatoms. The average Bonchev–Trinajstić information content (AvgIpc) is 3.12. The molecule has 0 bridgehead atoms. The average molecular weight is 495 g/mol. The van der Waals surface area contributed by atoms with Crippen LogP contribution in [0, 0.1) is 5.82 Å². The van der Waals surface area contributed by atoms with Gasteiger partial charge in [-0.25, -0.2) is 9.29 Å². The van der Waals surface area contributed by atoms with Gasteiger partial charge in [0.05, 0.1) is 17.7 Å². The lowest BCUT2D eigenvalue weighted by atomic mass is 10.1. The number of anilines is 1. The number of carbonyl (C=O) groups is 4. The lowest BCUT2D eigenvalue weighted by Gasteiger charge is -2.28. The van der Waals surface area contributed by atoms with Crippen molar-refractivity contribution in [1.29, 1.82) is 0 Å². The molecule has 0 N–H and O–H groups in total. The van der Waals surface area contributed by atoms with Crippen LogP contribution in [0.4, 0.5) is 10.1 Å². The van der Waals surface area contributed by atoms with Gasteiger partial charge in [-0.1, -0.05) is 41.9 Å². The second kappa shape index (κ2) is 10.1. The van der Waals surface area contributed by atoms with E-state index in [2.05, 4.69) is 0 Å². The van der Waals surface area contributed by atoms with Crippen LogP contribution in [0.5, 0.6) is 5.75 Å². The fourth-order valence-corrected chi connectivity index (χ4v) is 4.08. The number of hydrogen-bond acceptors (Lipinski definition) is 5. The van der Waals surface area contributed by atoms with Crippen LogP contribution in [-0.2, 0) is 20.9 Å². The molecule has 1 saturated heterocycles. The smallest absolute Gasteiger partial charge is 0.308 e. The number of nitrogens with zero attached hydrogens (tertiary/aromatic N) is 2. The maximum atomic E-state index is 14.5. The van der Waals surface area contributed by atoms with Crippen LogP contribution in [0.1, 0.15) is 29.3 Å². The van der Waals surface area contributed by atoms with Crippen LogP contribution in [0.15, 0.2) is 72.8 Å². The molecule has 1 aliphatic rings. The van der Waals surface area contributed by atoms with E-state index in [0.29, 0.717) is 10.6 Å². The Bertz CT molecular complexity index is 1310. The summed E-state index contributed by atoms with van der Waals surface area (Å²) in [6.07, 6.45) is -0.283. The molecule has 0 aliphatic carbocycles. The molecular weight excluding hydrogens is 475 g/mol. The molecule has 1 unspecified atom stereocenters. The Morgan fingerprint density at radius 1 is 1.03 bits per heavy atom. The summed E-state index contributed by atoms with van der Waals surface area (Å²) in [6.45, 7) is 1.15. The van der Waals surface area contributed by atoms with E-state index in [0.717, 1.165) is 11.0 Å². The topological polar surface area (TPSA) is 84.0 Å². The second-order valence-corrected chi connectivity index (χ2v) is 8.29. The Balaban J connectivity index is 1.68. The summed E-state index contributed by atoms with van der Waals surface area (Å²) in [6, 6.07) is 16.9. The van der Waals surface area contributed by atoms with Crippen LogP contribution in [0.3, 0.4) is 0 Å². The van der Waals surface area contributed by atoms with Gasteiger partial charge in [0.2, 0.25) is 5.91 Å². The molecule has 3 aromatic rings. The molecule has 1 aliphatic heterocycles. The molecule has 0 saturated carbocycles. The number of amides is 3. The van der Waals surface area contributed by atoms with E-state index >= 15 is 0 Å². The molecule has 4 rings (SSSR count). The zero-order valence-electron chi connectivity index (χ0n) is 18.6. The van der Waals surface area contributed by atoms with E-state index in [1.807, 2.05) is 0 Å². The third-order valence-electron chi connectivity index (χ3n) is 5.52. The first-order chi connectivity index (χ1) is 16.8. The van der Waals surface area contributed by atoms with Crippen molar-refractivity contribution in [2.75, 3.05) is 4.90 Å². The molecule has 1 fully saturated rings. The van der Waals surface area contributed by atoms with Crippen molar-refractivity contribution in [2.24, 2.45) is 0 Å². The largest absolute Gasteiger partial charge is 0.427 e. The zero-order valence-corrected chi connectivity index (χ0v) is 19.4. The lowest BCUT2D eigenvalue weighted by molar-refractivity contribution is -0.132. The van der Waals surface area contributed by atoms with Gasteiger partial charge in [0.15, 0.2) is 0 Å². The van der Waals surface area contributed by atoms with Gasteiger partial charge in [0, 0.05) is 18.5 Å². The van der Waals surface area contributed by atoms with E-state index in [-0.39, 0.29) is 30.0 Å². The fraction of sp³-hybridized carbons (Fsp3) is 0.154. The highest BCUT2D eigenvalue weighted by Gasteiger charge is 2.45. The summed E-state index contributed by atoms with van der Waals surface area (Å²) >= 11 is 6.29. The Morgan fingerprint density at radius 2 is 1.69 bits per heavy atom. The predicted molar refractivity (Wildman–Crippen MR) is 126 cm³/mol. The molecule has 0 radical (unpaired) electrons. The Labute approximate surface area is 205 Å². The number of imide groups is 1. The highest BCUT2D eigenvalue weighted by atomic mass is 35.5. The maximum Gasteiger partial charge on any atom is 0.308 e. The molecule has 3 amide bonds. The number of hydrogen-bond donors (Lipinski definition) is 0. The van der Waals surface area contributed by atoms with Crippen LogP contribution in [0.2, 0.25) is 5.02 Å². The summed E-state index contributed by atoms with van der Waals surface area (Å²) in [5, 5.41) is 0.369. The number of benzene rings is 3. The molecule has 1 heterocycles. The number of halogens is 2. The van der Waals surface area contributed by atoms with Gasteiger partial charge in [-0.15, -0.1) is 0 Å². The molecular formula is C26H20ClFN2O5. The van der Waals surface area contributed by atoms with Crippen LogP contribution < -0.4 is 9.64 Å². The highest BCUT2D eigenvalue weighted by molar-refractivity contribution is 6.31. The maximum absolute atomic E-state index is 14.5. The van der Waals surface area contributed by atoms with Gasteiger partial charge in [-0.2, -0.15) is 0 Å². The van der Waals surface area contributed by atoms with Crippen molar-refractivity contribution in [3.63, 3.8) is 0 Å². The first-order valence-electron chi connectivity index (χ1n) is 10.7. The van der Waals surface area contributed by atoms with Crippen LogP contribution in [0.25, 0.3) is 0 Å². The first-order valence-corrected chi connectivity index (χ1v) is 11.1. The van der Waals surface area contributed by atoms with Crippen molar-refractivity contribution >= 4 is 41.0 Å². The molecule has 0 aromatic heterocycles. The number of esters is 1. The quantitative estimate of drug-likeness (QED) is 0.288. The Kier molecular flexibility index (Phi) is 6.93. The minimum atomic E-state index is -1.17. The Morgan fingerprint density at radius 3 is 2.34 bits per heavy atom. The molecule has 35 heavy (non-hydrogen) atoms. The van der Waals surface area contributed by atoms with E-state index < -0.39 is 35.5 Å². The van der Waals surface area contributed by atoms with E-state index in [1.54, 1.807) is 24.3 Å². The fourth-order valence-electron chi connectivity index (χ4n) is 3.88. The summed E-state index contributed by atoms with van der Waals surface area (Å²) in [5.41, 5.74) is 0.585. The van der Waals surface area contributed by atoms with Crippen molar-refractivity contribution in [2.45, 2.75) is 25.9 Å². The van der Waals surface area contributed by atoms with Gasteiger partial charge in [-0.3, -0.25) is 19.2 Å². The summed E-state index contributed by atoms with van der Waals surface area (Å²) in [7, 11) is 0. The van der Waals surface area contributed by atoms with Crippen molar-refractivity contribution in [1.82, 2.24) is 4.90 Å². The second-order valence-electron chi connectivity index (χ2n) is 7.88. The zero-order chi connectivity index (χ0) is 25.1. The lowest BCUT2D eigenvalue weighted by Crippen LogP contribution is -2.45. The predicted octanol–water partition coefficient (Wildman–Crippen LogP) is 4.38. The SMILES string of the molecule is CC(=O)Oc1ccc(N2C(=O)CC(N(Cc3ccccc3Cl)C(=O)c3ccccc3F)C2=O)cc1. The normalized spacial score (nSPS) is 15.3. The van der Waals surface area contributed by atoms with E-state index in [4.69, 9.17) is 16.3 Å². The third kappa shape index (κ3) is 5.07. The minimum absolute atomic E-state index is 0.101. The van der Waals surface area contributed by atoms with E-state index in [9.17, 15) is 23.6 Å². The van der Waals surface area contributed by atoms with Crippen LogP contribution in [-0.4, -0.2) is 34.6 Å². The highest BCUT2D eigenvalue weighted by Crippen LogP contribution is 2.30. The summed E-state index contributed by atoms with van der Waals surface area (Å²) < 4.78 is 19.5. The van der Waals surface area contributed by atoms with Crippen molar-refractivity contribution in [3.05, 3.63) is 94.8 Å². The number of carbonyl (C=O) groups excluding carboxylic acids is 4. The van der Waals surface area contributed by atoms with Crippen LogP contribution >= 0.6 is 11.6 Å². The monoisotopic (exact) mass is 494 g/mol. The first kappa shape index (κ1) is 24.1. The standard InChI is InChI=1S/C26H20ClFN2O5/c1-16(31)35-19-12-10-18(11-13-19)30-24(32)14-23(26(30)34)29(15-17-6-2-4-8-21(17)27)25(33)20-7-3-5-9-22(20)28/h2-13,23H,14-15H2,1H3. The summed E-state index contributed by atoms with van der Waals surface area (Å²) in [4.78, 5) is 53.0. The molecule has 0 spiro atoms.